The number of amides is 1. The second-order valence-corrected chi connectivity index (χ2v) is 6.27. The van der Waals surface area contributed by atoms with Gasteiger partial charge in [-0.05, 0) is 35.7 Å². The molecule has 110 valence electrons. The van der Waals surface area contributed by atoms with Crippen LogP contribution in [0.1, 0.15) is 11.1 Å². The van der Waals surface area contributed by atoms with Crippen LogP contribution in [0.25, 0.3) is 11.0 Å². The summed E-state index contributed by atoms with van der Waals surface area (Å²) in [5.41, 5.74) is 3.96. The number of hydrogen-bond donors (Lipinski definition) is 0. The highest BCUT2D eigenvalue weighted by Gasteiger charge is 2.23. The molecule has 0 saturated carbocycles. The first-order valence-corrected chi connectivity index (χ1v) is 7.89. The van der Waals surface area contributed by atoms with Crippen LogP contribution < -0.4 is 0 Å². The van der Waals surface area contributed by atoms with Gasteiger partial charge in [-0.2, -0.15) is 4.68 Å². The molecule has 1 aliphatic rings. The predicted molar refractivity (Wildman–Crippen MR) is 86.6 cm³/mol. The zero-order chi connectivity index (χ0) is 15.1. The molecule has 0 saturated heterocycles. The molecular formula is C16H13BrN4O. The summed E-state index contributed by atoms with van der Waals surface area (Å²) in [5, 5.41) is 8.10. The SMILES string of the molecule is O=C(N1CCc2ccccc2C1)n1nnc2cc(Br)ccc21. The molecule has 0 unspecified atom stereocenters. The van der Waals surface area contributed by atoms with Crippen molar-refractivity contribution in [2.24, 2.45) is 0 Å². The molecule has 0 aliphatic carbocycles. The molecule has 2 heterocycles. The third-order valence-corrected chi connectivity index (χ3v) is 4.48. The van der Waals surface area contributed by atoms with Gasteiger partial charge in [0, 0.05) is 17.6 Å². The van der Waals surface area contributed by atoms with Crippen molar-refractivity contribution in [1.29, 1.82) is 0 Å². The lowest BCUT2D eigenvalue weighted by Crippen LogP contribution is -2.39. The van der Waals surface area contributed by atoms with Crippen LogP contribution >= 0.6 is 15.9 Å². The molecule has 5 nitrogen and oxygen atoms in total. The molecule has 3 aromatic rings. The number of benzene rings is 2. The molecule has 0 fully saturated rings. The van der Waals surface area contributed by atoms with Crippen LogP contribution in [0, 0.1) is 0 Å². The predicted octanol–water partition coefficient (Wildman–Crippen LogP) is 3.22. The van der Waals surface area contributed by atoms with Crippen molar-refractivity contribution < 1.29 is 4.79 Å². The molecular weight excluding hydrogens is 344 g/mol. The molecule has 0 atom stereocenters. The Kier molecular flexibility index (Phi) is 3.18. The monoisotopic (exact) mass is 356 g/mol. The third kappa shape index (κ3) is 2.20. The Morgan fingerprint density at radius 2 is 1.95 bits per heavy atom. The number of carbonyl (C=O) groups is 1. The average molecular weight is 357 g/mol. The Bertz CT molecular complexity index is 873. The molecule has 0 spiro atoms. The van der Waals surface area contributed by atoms with E-state index in [0.29, 0.717) is 18.6 Å². The summed E-state index contributed by atoms with van der Waals surface area (Å²) in [6, 6.07) is 13.7. The lowest BCUT2D eigenvalue weighted by molar-refractivity contribution is 0.191. The fourth-order valence-electron chi connectivity index (χ4n) is 2.83. The van der Waals surface area contributed by atoms with Crippen molar-refractivity contribution in [2.75, 3.05) is 6.54 Å². The Labute approximate surface area is 135 Å². The van der Waals surface area contributed by atoms with E-state index in [-0.39, 0.29) is 6.03 Å². The Hall–Kier alpha value is -2.21. The minimum atomic E-state index is -0.126. The van der Waals surface area contributed by atoms with Gasteiger partial charge in [0.1, 0.15) is 5.52 Å². The van der Waals surface area contributed by atoms with Gasteiger partial charge in [0.25, 0.3) is 0 Å². The van der Waals surface area contributed by atoms with Crippen LogP contribution in [0.15, 0.2) is 46.9 Å². The van der Waals surface area contributed by atoms with Crippen molar-refractivity contribution >= 4 is 33.0 Å². The summed E-state index contributed by atoms with van der Waals surface area (Å²) >= 11 is 3.40. The highest BCUT2D eigenvalue weighted by molar-refractivity contribution is 9.10. The Balaban J connectivity index is 1.67. The van der Waals surface area contributed by atoms with Gasteiger partial charge in [-0.25, -0.2) is 4.79 Å². The smallest absolute Gasteiger partial charge is 0.318 e. The Morgan fingerprint density at radius 3 is 2.82 bits per heavy atom. The summed E-state index contributed by atoms with van der Waals surface area (Å²) in [6.07, 6.45) is 0.875. The van der Waals surface area contributed by atoms with Gasteiger partial charge >= 0.3 is 6.03 Å². The van der Waals surface area contributed by atoms with Crippen molar-refractivity contribution in [3.8, 4) is 0 Å². The first-order chi connectivity index (χ1) is 10.7. The average Bonchev–Trinajstić information content (AvgIpc) is 2.96. The number of nitrogens with zero attached hydrogens (tertiary/aromatic N) is 4. The summed E-state index contributed by atoms with van der Waals surface area (Å²) in [7, 11) is 0. The van der Waals surface area contributed by atoms with E-state index in [4.69, 9.17) is 0 Å². The third-order valence-electron chi connectivity index (χ3n) is 3.99. The van der Waals surface area contributed by atoms with Gasteiger partial charge in [0.15, 0.2) is 0 Å². The van der Waals surface area contributed by atoms with Crippen LogP contribution in [0.5, 0.6) is 0 Å². The zero-order valence-corrected chi connectivity index (χ0v) is 13.3. The summed E-state index contributed by atoms with van der Waals surface area (Å²) in [5.74, 6) is 0. The van der Waals surface area contributed by atoms with E-state index in [9.17, 15) is 4.79 Å². The van der Waals surface area contributed by atoms with E-state index in [1.807, 2.05) is 35.2 Å². The van der Waals surface area contributed by atoms with Gasteiger partial charge in [-0.15, -0.1) is 5.10 Å². The summed E-state index contributed by atoms with van der Waals surface area (Å²) in [4.78, 5) is 14.6. The summed E-state index contributed by atoms with van der Waals surface area (Å²) in [6.45, 7) is 1.32. The second kappa shape index (κ2) is 5.21. The van der Waals surface area contributed by atoms with Crippen molar-refractivity contribution in [1.82, 2.24) is 19.9 Å². The molecule has 6 heteroatoms. The van der Waals surface area contributed by atoms with E-state index in [2.05, 4.69) is 38.4 Å². The summed E-state index contributed by atoms with van der Waals surface area (Å²) < 4.78 is 2.31. The topological polar surface area (TPSA) is 51.0 Å². The number of halogens is 1. The lowest BCUT2D eigenvalue weighted by atomic mass is 10.0. The van der Waals surface area contributed by atoms with Gasteiger partial charge in [-0.1, -0.05) is 45.4 Å². The van der Waals surface area contributed by atoms with Crippen LogP contribution in [-0.2, 0) is 13.0 Å². The molecule has 1 amide bonds. The number of fused-ring (bicyclic) bond motifs is 2. The fraction of sp³-hybridized carbons (Fsp3) is 0.188. The quantitative estimate of drug-likeness (QED) is 0.621. The van der Waals surface area contributed by atoms with E-state index in [1.54, 1.807) is 0 Å². The highest BCUT2D eigenvalue weighted by Crippen LogP contribution is 2.21. The van der Waals surface area contributed by atoms with E-state index in [0.717, 1.165) is 16.4 Å². The standard InChI is InChI=1S/C16H13BrN4O/c17-13-5-6-15-14(9-13)18-19-21(15)16(22)20-8-7-11-3-1-2-4-12(11)10-20/h1-6,9H,7-8,10H2. The molecule has 22 heavy (non-hydrogen) atoms. The first kappa shape index (κ1) is 13.5. The number of rotatable bonds is 0. The number of carbonyl (C=O) groups excluding carboxylic acids is 1. The molecule has 0 bridgehead atoms. The maximum absolute atomic E-state index is 12.7. The number of aromatic nitrogens is 3. The minimum Gasteiger partial charge on any atom is -0.318 e. The zero-order valence-electron chi connectivity index (χ0n) is 11.7. The fourth-order valence-corrected chi connectivity index (χ4v) is 3.18. The van der Waals surface area contributed by atoms with E-state index in [1.165, 1.54) is 15.8 Å². The van der Waals surface area contributed by atoms with E-state index >= 15 is 0 Å². The largest absolute Gasteiger partial charge is 0.347 e. The molecule has 0 N–H and O–H groups in total. The molecule has 2 aromatic carbocycles. The van der Waals surface area contributed by atoms with E-state index < -0.39 is 0 Å². The second-order valence-electron chi connectivity index (χ2n) is 5.36. The normalized spacial score (nSPS) is 14.1. The van der Waals surface area contributed by atoms with Crippen molar-refractivity contribution in [3.05, 3.63) is 58.1 Å². The van der Waals surface area contributed by atoms with Gasteiger partial charge in [0.2, 0.25) is 0 Å². The van der Waals surface area contributed by atoms with Gasteiger partial charge < -0.3 is 4.90 Å². The molecule has 1 aliphatic heterocycles. The minimum absolute atomic E-state index is 0.126. The number of hydrogen-bond acceptors (Lipinski definition) is 3. The molecule has 1 aromatic heterocycles. The van der Waals surface area contributed by atoms with Crippen LogP contribution in [-0.4, -0.2) is 32.5 Å². The maximum atomic E-state index is 12.7. The van der Waals surface area contributed by atoms with Gasteiger partial charge in [-0.3, -0.25) is 0 Å². The van der Waals surface area contributed by atoms with Crippen LogP contribution in [0.2, 0.25) is 0 Å². The van der Waals surface area contributed by atoms with Gasteiger partial charge in [0.05, 0.1) is 5.52 Å². The first-order valence-electron chi connectivity index (χ1n) is 7.09. The lowest BCUT2D eigenvalue weighted by Gasteiger charge is -2.28. The van der Waals surface area contributed by atoms with Crippen LogP contribution in [0.3, 0.4) is 0 Å². The maximum Gasteiger partial charge on any atom is 0.347 e. The van der Waals surface area contributed by atoms with Crippen molar-refractivity contribution in [2.45, 2.75) is 13.0 Å². The van der Waals surface area contributed by atoms with Crippen molar-refractivity contribution in [3.63, 3.8) is 0 Å². The Morgan fingerprint density at radius 1 is 1.14 bits per heavy atom. The molecule has 0 radical (unpaired) electrons. The van der Waals surface area contributed by atoms with Crippen LogP contribution in [0.4, 0.5) is 4.79 Å². The highest BCUT2D eigenvalue weighted by atomic mass is 79.9. The molecule has 4 rings (SSSR count).